The Kier molecular flexibility index (Phi) is 3.56. The highest BCUT2D eigenvalue weighted by Gasteiger charge is 2.00. The van der Waals surface area contributed by atoms with E-state index in [0.717, 1.165) is 17.9 Å². The fourth-order valence-electron chi connectivity index (χ4n) is 1.57. The van der Waals surface area contributed by atoms with Gasteiger partial charge >= 0.3 is 0 Å². The van der Waals surface area contributed by atoms with E-state index in [1.807, 2.05) is 25.2 Å². The zero-order chi connectivity index (χ0) is 11.2. The van der Waals surface area contributed by atoms with Crippen LogP contribution >= 0.6 is 0 Å². The minimum atomic E-state index is 0.717. The number of anilines is 1. The van der Waals surface area contributed by atoms with E-state index in [1.165, 1.54) is 5.56 Å². The third-order valence-electron chi connectivity index (χ3n) is 2.40. The van der Waals surface area contributed by atoms with Crippen LogP contribution in [0.3, 0.4) is 0 Å². The van der Waals surface area contributed by atoms with Crippen LogP contribution in [0, 0.1) is 0 Å². The Bertz CT molecular complexity index is 426. The number of hydrogen-bond acceptors (Lipinski definition) is 4. The molecule has 1 heterocycles. The standard InChI is InChI=1S/C12H15N3O/c1-13-12-5-3-2-4-10(12)8-14-9-11-6-7-16-15-11/h2-7,13-14H,8-9H2,1H3. The van der Waals surface area contributed by atoms with Crippen molar-refractivity contribution in [2.24, 2.45) is 0 Å². The van der Waals surface area contributed by atoms with E-state index >= 15 is 0 Å². The molecule has 16 heavy (non-hydrogen) atoms. The number of aromatic nitrogens is 1. The molecule has 0 aliphatic rings. The predicted octanol–water partition coefficient (Wildman–Crippen LogP) is 2.01. The fourth-order valence-corrected chi connectivity index (χ4v) is 1.57. The third kappa shape index (κ3) is 2.61. The maximum Gasteiger partial charge on any atom is 0.124 e. The molecule has 0 radical (unpaired) electrons. The van der Waals surface area contributed by atoms with Gasteiger partial charge in [0.05, 0.1) is 5.69 Å². The molecule has 0 saturated heterocycles. The first kappa shape index (κ1) is 10.7. The van der Waals surface area contributed by atoms with Crippen molar-refractivity contribution in [3.8, 4) is 0 Å². The van der Waals surface area contributed by atoms with E-state index in [-0.39, 0.29) is 0 Å². The van der Waals surface area contributed by atoms with E-state index in [4.69, 9.17) is 4.52 Å². The minimum absolute atomic E-state index is 0.717. The van der Waals surface area contributed by atoms with Gasteiger partial charge in [-0.2, -0.15) is 0 Å². The first-order chi connectivity index (χ1) is 7.90. The summed E-state index contributed by atoms with van der Waals surface area (Å²) in [4.78, 5) is 0. The van der Waals surface area contributed by atoms with Crippen LogP contribution in [0.15, 0.2) is 41.1 Å². The van der Waals surface area contributed by atoms with Gasteiger partial charge in [0, 0.05) is 31.9 Å². The van der Waals surface area contributed by atoms with Crippen molar-refractivity contribution in [2.75, 3.05) is 12.4 Å². The molecule has 0 fully saturated rings. The molecular formula is C12H15N3O. The molecule has 4 nitrogen and oxygen atoms in total. The van der Waals surface area contributed by atoms with Crippen molar-refractivity contribution in [3.63, 3.8) is 0 Å². The molecule has 0 bridgehead atoms. The molecule has 1 aromatic heterocycles. The van der Waals surface area contributed by atoms with Gasteiger partial charge in [0.15, 0.2) is 0 Å². The van der Waals surface area contributed by atoms with Gasteiger partial charge in [-0.3, -0.25) is 0 Å². The Morgan fingerprint density at radius 1 is 1.19 bits per heavy atom. The number of nitrogens with one attached hydrogen (secondary N) is 2. The summed E-state index contributed by atoms with van der Waals surface area (Å²) in [7, 11) is 1.93. The summed E-state index contributed by atoms with van der Waals surface area (Å²) in [5, 5.41) is 10.3. The molecule has 1 aromatic carbocycles. The molecule has 2 N–H and O–H groups in total. The summed E-state index contributed by atoms with van der Waals surface area (Å²) in [6, 6.07) is 10.1. The van der Waals surface area contributed by atoms with Crippen LogP contribution in [-0.4, -0.2) is 12.2 Å². The Hall–Kier alpha value is -1.81. The topological polar surface area (TPSA) is 50.1 Å². The van der Waals surface area contributed by atoms with Gasteiger partial charge in [0.25, 0.3) is 0 Å². The lowest BCUT2D eigenvalue weighted by Crippen LogP contribution is -2.13. The van der Waals surface area contributed by atoms with Crippen LogP contribution in [0.1, 0.15) is 11.3 Å². The number of rotatable bonds is 5. The zero-order valence-electron chi connectivity index (χ0n) is 9.23. The lowest BCUT2D eigenvalue weighted by Gasteiger charge is -2.08. The Morgan fingerprint density at radius 2 is 2.06 bits per heavy atom. The van der Waals surface area contributed by atoms with Crippen molar-refractivity contribution in [2.45, 2.75) is 13.1 Å². The van der Waals surface area contributed by atoms with Crippen LogP contribution in [0.4, 0.5) is 5.69 Å². The third-order valence-corrected chi connectivity index (χ3v) is 2.40. The monoisotopic (exact) mass is 217 g/mol. The Morgan fingerprint density at radius 3 is 2.81 bits per heavy atom. The maximum atomic E-state index is 4.76. The van der Waals surface area contributed by atoms with Crippen molar-refractivity contribution >= 4 is 5.69 Å². The average Bonchev–Trinajstić information content (AvgIpc) is 2.83. The highest BCUT2D eigenvalue weighted by molar-refractivity contribution is 5.50. The van der Waals surface area contributed by atoms with Gasteiger partial charge in [-0.25, -0.2) is 0 Å². The summed E-state index contributed by atoms with van der Waals surface area (Å²) < 4.78 is 4.76. The molecule has 0 aliphatic carbocycles. The Labute approximate surface area is 94.6 Å². The number of para-hydroxylation sites is 1. The molecule has 0 atom stereocenters. The molecule has 0 spiro atoms. The molecular weight excluding hydrogens is 202 g/mol. The summed E-state index contributed by atoms with van der Waals surface area (Å²) in [5.74, 6) is 0. The van der Waals surface area contributed by atoms with E-state index in [9.17, 15) is 0 Å². The van der Waals surface area contributed by atoms with Crippen LogP contribution in [0.2, 0.25) is 0 Å². The molecule has 0 unspecified atom stereocenters. The van der Waals surface area contributed by atoms with Gasteiger partial charge in [-0.1, -0.05) is 23.4 Å². The van der Waals surface area contributed by atoms with E-state index < -0.39 is 0 Å². The molecule has 2 aromatic rings. The van der Waals surface area contributed by atoms with Gasteiger partial charge in [0.1, 0.15) is 6.26 Å². The number of benzene rings is 1. The second kappa shape index (κ2) is 5.32. The van der Waals surface area contributed by atoms with Gasteiger partial charge in [0.2, 0.25) is 0 Å². The fraction of sp³-hybridized carbons (Fsp3) is 0.250. The number of nitrogens with zero attached hydrogens (tertiary/aromatic N) is 1. The molecule has 0 aliphatic heterocycles. The van der Waals surface area contributed by atoms with Crippen molar-refractivity contribution in [3.05, 3.63) is 47.9 Å². The van der Waals surface area contributed by atoms with E-state index in [0.29, 0.717) is 6.54 Å². The molecule has 0 amide bonds. The van der Waals surface area contributed by atoms with Crippen LogP contribution in [0.5, 0.6) is 0 Å². The molecule has 2 rings (SSSR count). The lowest BCUT2D eigenvalue weighted by atomic mass is 10.2. The van der Waals surface area contributed by atoms with Crippen LogP contribution in [-0.2, 0) is 13.1 Å². The smallest absolute Gasteiger partial charge is 0.124 e. The van der Waals surface area contributed by atoms with Crippen LogP contribution in [0.25, 0.3) is 0 Å². The molecule has 84 valence electrons. The summed E-state index contributed by atoms with van der Waals surface area (Å²) in [6.45, 7) is 1.53. The summed E-state index contributed by atoms with van der Waals surface area (Å²) >= 11 is 0. The molecule has 4 heteroatoms. The van der Waals surface area contributed by atoms with Crippen molar-refractivity contribution in [1.29, 1.82) is 0 Å². The van der Waals surface area contributed by atoms with Crippen molar-refractivity contribution < 1.29 is 4.52 Å². The van der Waals surface area contributed by atoms with E-state index in [2.05, 4.69) is 27.9 Å². The van der Waals surface area contributed by atoms with Gasteiger partial charge in [-0.05, 0) is 11.6 Å². The number of hydrogen-bond donors (Lipinski definition) is 2. The largest absolute Gasteiger partial charge is 0.388 e. The lowest BCUT2D eigenvalue weighted by molar-refractivity contribution is 0.408. The first-order valence-electron chi connectivity index (χ1n) is 5.26. The van der Waals surface area contributed by atoms with Crippen molar-refractivity contribution in [1.82, 2.24) is 10.5 Å². The highest BCUT2D eigenvalue weighted by Crippen LogP contribution is 2.13. The average molecular weight is 217 g/mol. The second-order valence-corrected chi connectivity index (χ2v) is 3.50. The second-order valence-electron chi connectivity index (χ2n) is 3.50. The normalized spacial score (nSPS) is 10.3. The van der Waals surface area contributed by atoms with Gasteiger partial charge in [-0.15, -0.1) is 0 Å². The zero-order valence-corrected chi connectivity index (χ0v) is 9.23. The molecule has 0 saturated carbocycles. The quantitative estimate of drug-likeness (QED) is 0.804. The first-order valence-corrected chi connectivity index (χ1v) is 5.26. The Balaban J connectivity index is 1.89. The highest BCUT2D eigenvalue weighted by atomic mass is 16.5. The van der Waals surface area contributed by atoms with E-state index in [1.54, 1.807) is 6.26 Å². The minimum Gasteiger partial charge on any atom is -0.388 e. The van der Waals surface area contributed by atoms with Crippen LogP contribution < -0.4 is 10.6 Å². The summed E-state index contributed by atoms with van der Waals surface area (Å²) in [5.41, 5.74) is 3.31. The predicted molar refractivity (Wildman–Crippen MR) is 63.0 cm³/mol. The SMILES string of the molecule is CNc1ccccc1CNCc1ccon1. The van der Waals surface area contributed by atoms with Gasteiger partial charge < -0.3 is 15.2 Å². The maximum absolute atomic E-state index is 4.76. The summed E-state index contributed by atoms with van der Waals surface area (Å²) in [6.07, 6.45) is 1.58.